The van der Waals surface area contributed by atoms with Gasteiger partial charge in [-0.05, 0) is 18.5 Å². The highest BCUT2D eigenvalue weighted by atomic mass is 15.1. The van der Waals surface area contributed by atoms with Crippen molar-refractivity contribution in [1.82, 2.24) is 10.2 Å². The standard InChI is InChI=1S/C12H26N2/c1-6-9-14(8-3)11-12(4,5)10-13-7-2/h6,13H,1,7-11H2,2-5H3. The average Bonchev–Trinajstić information content (AvgIpc) is 2.14. The fraction of sp³-hybridized carbons (Fsp3) is 0.833. The van der Waals surface area contributed by atoms with Crippen molar-refractivity contribution in [2.45, 2.75) is 27.7 Å². The Morgan fingerprint density at radius 1 is 1.36 bits per heavy atom. The summed E-state index contributed by atoms with van der Waals surface area (Å²) in [4.78, 5) is 2.42. The van der Waals surface area contributed by atoms with Crippen molar-refractivity contribution >= 4 is 0 Å². The van der Waals surface area contributed by atoms with Gasteiger partial charge in [0.25, 0.3) is 0 Å². The van der Waals surface area contributed by atoms with Crippen LogP contribution < -0.4 is 5.32 Å². The first-order valence-electron chi connectivity index (χ1n) is 5.59. The number of nitrogens with zero attached hydrogens (tertiary/aromatic N) is 1. The van der Waals surface area contributed by atoms with Crippen LogP contribution in [0.15, 0.2) is 12.7 Å². The molecule has 0 aliphatic rings. The summed E-state index contributed by atoms with van der Waals surface area (Å²) >= 11 is 0. The monoisotopic (exact) mass is 198 g/mol. The SMILES string of the molecule is C=CCN(CC)CC(C)(C)CNCC. The second-order valence-electron chi connectivity index (χ2n) is 4.56. The van der Waals surface area contributed by atoms with Crippen molar-refractivity contribution in [3.63, 3.8) is 0 Å². The van der Waals surface area contributed by atoms with Gasteiger partial charge in [0.15, 0.2) is 0 Å². The van der Waals surface area contributed by atoms with Crippen LogP contribution in [-0.2, 0) is 0 Å². The Morgan fingerprint density at radius 3 is 2.43 bits per heavy atom. The maximum atomic E-state index is 3.78. The van der Waals surface area contributed by atoms with Gasteiger partial charge in [-0.3, -0.25) is 4.90 Å². The summed E-state index contributed by atoms with van der Waals surface area (Å²) in [7, 11) is 0. The van der Waals surface area contributed by atoms with E-state index in [0.717, 1.165) is 32.7 Å². The summed E-state index contributed by atoms with van der Waals surface area (Å²) in [5.74, 6) is 0. The molecule has 0 aliphatic heterocycles. The lowest BCUT2D eigenvalue weighted by Gasteiger charge is -2.31. The number of hydrogen-bond donors (Lipinski definition) is 1. The Hall–Kier alpha value is -0.340. The van der Waals surface area contributed by atoms with Crippen LogP contribution in [0, 0.1) is 5.41 Å². The third-order valence-corrected chi connectivity index (χ3v) is 2.34. The van der Waals surface area contributed by atoms with Crippen molar-refractivity contribution < 1.29 is 0 Å². The van der Waals surface area contributed by atoms with Gasteiger partial charge in [0.2, 0.25) is 0 Å². The summed E-state index contributed by atoms with van der Waals surface area (Å²) < 4.78 is 0. The number of hydrogen-bond acceptors (Lipinski definition) is 2. The third-order valence-electron chi connectivity index (χ3n) is 2.34. The molecule has 0 unspecified atom stereocenters. The molecule has 0 radical (unpaired) electrons. The maximum Gasteiger partial charge on any atom is 0.0160 e. The molecule has 0 amide bonds. The van der Waals surface area contributed by atoms with Crippen molar-refractivity contribution in [2.24, 2.45) is 5.41 Å². The van der Waals surface area contributed by atoms with Crippen LogP contribution in [0.2, 0.25) is 0 Å². The number of likely N-dealkylation sites (N-methyl/N-ethyl adjacent to an activating group) is 1. The summed E-state index contributed by atoms with van der Waals surface area (Å²) in [6.45, 7) is 18.1. The van der Waals surface area contributed by atoms with E-state index < -0.39 is 0 Å². The van der Waals surface area contributed by atoms with Crippen LogP contribution in [0.4, 0.5) is 0 Å². The fourth-order valence-corrected chi connectivity index (χ4v) is 1.61. The molecular formula is C12H26N2. The Labute approximate surface area is 89.4 Å². The zero-order valence-corrected chi connectivity index (χ0v) is 10.3. The minimum Gasteiger partial charge on any atom is -0.316 e. The van der Waals surface area contributed by atoms with E-state index in [2.05, 4.69) is 44.5 Å². The predicted molar refractivity (Wildman–Crippen MR) is 64.6 cm³/mol. The van der Waals surface area contributed by atoms with Gasteiger partial charge >= 0.3 is 0 Å². The molecule has 0 spiro atoms. The summed E-state index contributed by atoms with van der Waals surface area (Å²) in [5.41, 5.74) is 0.342. The molecule has 0 bridgehead atoms. The van der Waals surface area contributed by atoms with Gasteiger partial charge in [-0.1, -0.05) is 33.8 Å². The molecule has 0 fully saturated rings. The van der Waals surface area contributed by atoms with Crippen molar-refractivity contribution in [3.05, 3.63) is 12.7 Å². The Bertz CT molecular complexity index is 152. The van der Waals surface area contributed by atoms with E-state index >= 15 is 0 Å². The van der Waals surface area contributed by atoms with Gasteiger partial charge in [0, 0.05) is 19.6 Å². The van der Waals surface area contributed by atoms with Gasteiger partial charge in [-0.25, -0.2) is 0 Å². The van der Waals surface area contributed by atoms with E-state index in [1.807, 2.05) is 6.08 Å². The summed E-state index contributed by atoms with van der Waals surface area (Å²) in [6.07, 6.45) is 1.98. The Kier molecular flexibility index (Phi) is 6.85. The smallest absolute Gasteiger partial charge is 0.0160 e. The summed E-state index contributed by atoms with van der Waals surface area (Å²) in [5, 5.41) is 3.41. The molecule has 0 atom stereocenters. The molecule has 0 aromatic carbocycles. The van der Waals surface area contributed by atoms with Gasteiger partial charge in [-0.2, -0.15) is 0 Å². The minimum atomic E-state index is 0.342. The Balaban J connectivity index is 3.95. The van der Waals surface area contributed by atoms with Crippen LogP contribution >= 0.6 is 0 Å². The van der Waals surface area contributed by atoms with E-state index in [1.54, 1.807) is 0 Å². The first kappa shape index (κ1) is 13.7. The lowest BCUT2D eigenvalue weighted by Crippen LogP contribution is -2.40. The van der Waals surface area contributed by atoms with Crippen LogP contribution in [0.5, 0.6) is 0 Å². The van der Waals surface area contributed by atoms with Crippen LogP contribution in [0.3, 0.4) is 0 Å². The van der Waals surface area contributed by atoms with Crippen LogP contribution in [-0.4, -0.2) is 37.6 Å². The molecule has 1 N–H and O–H groups in total. The van der Waals surface area contributed by atoms with Crippen LogP contribution in [0.25, 0.3) is 0 Å². The lowest BCUT2D eigenvalue weighted by molar-refractivity contribution is 0.196. The van der Waals surface area contributed by atoms with Gasteiger partial charge < -0.3 is 5.32 Å². The van der Waals surface area contributed by atoms with Gasteiger partial charge in [0.1, 0.15) is 0 Å². The number of nitrogens with one attached hydrogen (secondary N) is 1. The Morgan fingerprint density at radius 2 is 2.00 bits per heavy atom. The quantitative estimate of drug-likeness (QED) is 0.601. The average molecular weight is 198 g/mol. The molecule has 84 valence electrons. The highest BCUT2D eigenvalue weighted by Crippen LogP contribution is 2.15. The third kappa shape index (κ3) is 6.17. The topological polar surface area (TPSA) is 15.3 Å². The van der Waals surface area contributed by atoms with Gasteiger partial charge in [0.05, 0.1) is 0 Å². The van der Waals surface area contributed by atoms with E-state index in [1.165, 1.54) is 0 Å². The molecule has 0 saturated carbocycles. The van der Waals surface area contributed by atoms with E-state index in [0.29, 0.717) is 5.41 Å². The predicted octanol–water partition coefficient (Wildman–Crippen LogP) is 2.13. The molecular weight excluding hydrogens is 172 g/mol. The molecule has 0 aromatic heterocycles. The van der Waals surface area contributed by atoms with E-state index in [-0.39, 0.29) is 0 Å². The highest BCUT2D eigenvalue weighted by molar-refractivity contribution is 4.80. The minimum absolute atomic E-state index is 0.342. The van der Waals surface area contributed by atoms with Crippen LogP contribution in [0.1, 0.15) is 27.7 Å². The molecule has 0 aliphatic carbocycles. The molecule has 14 heavy (non-hydrogen) atoms. The molecule has 0 aromatic rings. The lowest BCUT2D eigenvalue weighted by atomic mass is 9.92. The maximum absolute atomic E-state index is 3.78. The summed E-state index contributed by atoms with van der Waals surface area (Å²) in [6, 6.07) is 0. The highest BCUT2D eigenvalue weighted by Gasteiger charge is 2.19. The zero-order chi connectivity index (χ0) is 11.0. The second-order valence-corrected chi connectivity index (χ2v) is 4.56. The first-order chi connectivity index (χ1) is 6.55. The largest absolute Gasteiger partial charge is 0.316 e. The van der Waals surface area contributed by atoms with Crippen molar-refractivity contribution in [2.75, 3.05) is 32.7 Å². The normalized spacial score (nSPS) is 12.1. The zero-order valence-electron chi connectivity index (χ0n) is 10.3. The van der Waals surface area contributed by atoms with Crippen molar-refractivity contribution in [3.8, 4) is 0 Å². The molecule has 2 nitrogen and oxygen atoms in total. The molecule has 2 heteroatoms. The number of rotatable bonds is 8. The van der Waals surface area contributed by atoms with E-state index in [4.69, 9.17) is 0 Å². The molecule has 0 saturated heterocycles. The molecule has 0 rings (SSSR count). The van der Waals surface area contributed by atoms with Crippen molar-refractivity contribution in [1.29, 1.82) is 0 Å². The van der Waals surface area contributed by atoms with E-state index in [9.17, 15) is 0 Å². The second kappa shape index (κ2) is 7.02. The van der Waals surface area contributed by atoms with Gasteiger partial charge in [-0.15, -0.1) is 6.58 Å². The molecule has 0 heterocycles. The fourth-order valence-electron chi connectivity index (χ4n) is 1.61. The first-order valence-corrected chi connectivity index (χ1v) is 5.59.